The predicted octanol–water partition coefficient (Wildman–Crippen LogP) is 1.77. The van der Waals surface area contributed by atoms with Gasteiger partial charge < -0.3 is 5.32 Å². The average molecular weight is 176 g/mol. The molecule has 0 bridgehead atoms. The fourth-order valence-corrected chi connectivity index (χ4v) is 2.06. The number of nitrogens with zero attached hydrogens (tertiary/aromatic N) is 1. The zero-order valence-corrected chi connectivity index (χ0v) is 8.09. The van der Waals surface area contributed by atoms with E-state index in [0.717, 1.165) is 6.42 Å². The van der Waals surface area contributed by atoms with Crippen molar-refractivity contribution in [1.29, 1.82) is 0 Å². The standard InChI is InChI=1S/C11H16N2/c1-11(5-2-6-13-11)9-10-3-7-12-8-4-10/h3-4,7-8,13H,2,5-6,9H2,1H3. The van der Waals surface area contributed by atoms with Crippen LogP contribution in [0.4, 0.5) is 0 Å². The van der Waals surface area contributed by atoms with Crippen LogP contribution in [0.25, 0.3) is 0 Å². The number of hydrogen-bond donors (Lipinski definition) is 1. The molecule has 1 fully saturated rings. The normalized spacial score (nSPS) is 27.8. The van der Waals surface area contributed by atoms with Crippen molar-refractivity contribution in [2.75, 3.05) is 6.54 Å². The van der Waals surface area contributed by atoms with Crippen LogP contribution in [0.2, 0.25) is 0 Å². The molecule has 2 heterocycles. The molecule has 1 unspecified atom stereocenters. The zero-order chi connectivity index (χ0) is 9.15. The predicted molar refractivity (Wildman–Crippen MR) is 53.6 cm³/mol. The number of rotatable bonds is 2. The fourth-order valence-electron chi connectivity index (χ4n) is 2.06. The molecule has 1 saturated heterocycles. The van der Waals surface area contributed by atoms with Gasteiger partial charge in [0.1, 0.15) is 0 Å². The fraction of sp³-hybridized carbons (Fsp3) is 0.545. The van der Waals surface area contributed by atoms with Gasteiger partial charge in [-0.3, -0.25) is 4.98 Å². The third-order valence-electron chi connectivity index (χ3n) is 2.80. The van der Waals surface area contributed by atoms with Crippen LogP contribution in [0.5, 0.6) is 0 Å². The lowest BCUT2D eigenvalue weighted by Crippen LogP contribution is -2.38. The van der Waals surface area contributed by atoms with Crippen molar-refractivity contribution in [3.8, 4) is 0 Å². The van der Waals surface area contributed by atoms with Crippen LogP contribution in [-0.2, 0) is 6.42 Å². The van der Waals surface area contributed by atoms with Gasteiger partial charge in [-0.15, -0.1) is 0 Å². The van der Waals surface area contributed by atoms with E-state index < -0.39 is 0 Å². The third kappa shape index (κ3) is 2.07. The monoisotopic (exact) mass is 176 g/mol. The Morgan fingerprint density at radius 3 is 2.85 bits per heavy atom. The van der Waals surface area contributed by atoms with Gasteiger partial charge in [0.05, 0.1) is 0 Å². The summed E-state index contributed by atoms with van der Waals surface area (Å²) in [6.45, 7) is 3.47. The van der Waals surface area contributed by atoms with E-state index in [9.17, 15) is 0 Å². The molecule has 1 aliphatic rings. The average Bonchev–Trinajstić information content (AvgIpc) is 2.54. The lowest BCUT2D eigenvalue weighted by atomic mass is 9.92. The van der Waals surface area contributed by atoms with Gasteiger partial charge in [-0.25, -0.2) is 0 Å². The Morgan fingerprint density at radius 1 is 1.46 bits per heavy atom. The Labute approximate surface area is 79.4 Å². The van der Waals surface area contributed by atoms with E-state index >= 15 is 0 Å². The van der Waals surface area contributed by atoms with Crippen LogP contribution in [0.3, 0.4) is 0 Å². The summed E-state index contributed by atoms with van der Waals surface area (Å²) >= 11 is 0. The van der Waals surface area contributed by atoms with Crippen molar-refractivity contribution >= 4 is 0 Å². The highest BCUT2D eigenvalue weighted by Crippen LogP contribution is 2.22. The summed E-state index contributed by atoms with van der Waals surface area (Å²) < 4.78 is 0. The van der Waals surface area contributed by atoms with Crippen molar-refractivity contribution < 1.29 is 0 Å². The van der Waals surface area contributed by atoms with Gasteiger partial charge in [-0.05, 0) is 50.4 Å². The van der Waals surface area contributed by atoms with Crippen LogP contribution < -0.4 is 5.32 Å². The van der Waals surface area contributed by atoms with Gasteiger partial charge in [0.25, 0.3) is 0 Å². The maximum absolute atomic E-state index is 4.02. The Balaban J connectivity index is 2.05. The minimum atomic E-state index is 0.321. The Hall–Kier alpha value is -0.890. The minimum absolute atomic E-state index is 0.321. The molecule has 2 nitrogen and oxygen atoms in total. The van der Waals surface area contributed by atoms with E-state index in [-0.39, 0.29) is 0 Å². The Kier molecular flexibility index (Phi) is 2.32. The van der Waals surface area contributed by atoms with E-state index in [1.807, 2.05) is 12.4 Å². The molecule has 0 saturated carbocycles. The summed E-state index contributed by atoms with van der Waals surface area (Å²) in [6, 6.07) is 4.20. The summed E-state index contributed by atoms with van der Waals surface area (Å²) in [4.78, 5) is 4.02. The highest BCUT2D eigenvalue weighted by Gasteiger charge is 2.27. The van der Waals surface area contributed by atoms with Crippen LogP contribution >= 0.6 is 0 Å². The molecule has 2 rings (SSSR count). The summed E-state index contributed by atoms with van der Waals surface area (Å²) in [7, 11) is 0. The Morgan fingerprint density at radius 2 is 2.23 bits per heavy atom. The maximum atomic E-state index is 4.02. The second kappa shape index (κ2) is 3.46. The Bertz CT molecular complexity index is 263. The molecule has 0 spiro atoms. The van der Waals surface area contributed by atoms with Gasteiger partial charge >= 0.3 is 0 Å². The van der Waals surface area contributed by atoms with Crippen LogP contribution in [0.1, 0.15) is 25.3 Å². The van der Waals surface area contributed by atoms with Gasteiger partial charge in [0, 0.05) is 17.9 Å². The van der Waals surface area contributed by atoms with Crippen molar-refractivity contribution in [1.82, 2.24) is 10.3 Å². The van der Waals surface area contributed by atoms with E-state index in [1.54, 1.807) is 0 Å². The molecule has 1 aromatic rings. The van der Waals surface area contributed by atoms with E-state index in [4.69, 9.17) is 0 Å². The number of aromatic nitrogens is 1. The van der Waals surface area contributed by atoms with Crippen LogP contribution in [0, 0.1) is 0 Å². The topological polar surface area (TPSA) is 24.9 Å². The first-order valence-corrected chi connectivity index (χ1v) is 4.92. The molecular weight excluding hydrogens is 160 g/mol. The highest BCUT2D eigenvalue weighted by atomic mass is 15.0. The first-order valence-electron chi connectivity index (χ1n) is 4.92. The van der Waals surface area contributed by atoms with Crippen molar-refractivity contribution in [2.45, 2.75) is 31.7 Å². The summed E-state index contributed by atoms with van der Waals surface area (Å²) in [5.41, 5.74) is 1.70. The summed E-state index contributed by atoms with van der Waals surface area (Å²) in [5, 5.41) is 3.56. The van der Waals surface area contributed by atoms with Gasteiger partial charge in [0.15, 0.2) is 0 Å². The number of pyridine rings is 1. The van der Waals surface area contributed by atoms with E-state index in [2.05, 4.69) is 29.4 Å². The molecular formula is C11H16N2. The second-order valence-corrected chi connectivity index (χ2v) is 4.12. The van der Waals surface area contributed by atoms with Gasteiger partial charge in [0.2, 0.25) is 0 Å². The lowest BCUT2D eigenvalue weighted by Gasteiger charge is -2.24. The van der Waals surface area contributed by atoms with Crippen molar-refractivity contribution in [2.24, 2.45) is 0 Å². The molecule has 70 valence electrons. The molecule has 0 aliphatic carbocycles. The smallest absolute Gasteiger partial charge is 0.0270 e. The van der Waals surface area contributed by atoms with Gasteiger partial charge in [-0.2, -0.15) is 0 Å². The van der Waals surface area contributed by atoms with E-state index in [0.29, 0.717) is 5.54 Å². The first kappa shape index (κ1) is 8.70. The first-order chi connectivity index (χ1) is 6.29. The summed E-state index contributed by atoms with van der Waals surface area (Å²) in [5.74, 6) is 0. The molecule has 1 aromatic heterocycles. The molecule has 0 amide bonds. The maximum Gasteiger partial charge on any atom is 0.0270 e. The highest BCUT2D eigenvalue weighted by molar-refractivity contribution is 5.14. The molecule has 2 heteroatoms. The molecule has 13 heavy (non-hydrogen) atoms. The number of hydrogen-bond acceptors (Lipinski definition) is 2. The molecule has 1 N–H and O–H groups in total. The molecule has 1 aliphatic heterocycles. The SMILES string of the molecule is CC1(Cc2ccncc2)CCCN1. The van der Waals surface area contributed by atoms with Crippen molar-refractivity contribution in [3.63, 3.8) is 0 Å². The van der Waals surface area contributed by atoms with Crippen LogP contribution in [-0.4, -0.2) is 17.1 Å². The third-order valence-corrected chi connectivity index (χ3v) is 2.80. The molecule has 0 aromatic carbocycles. The minimum Gasteiger partial charge on any atom is -0.311 e. The van der Waals surface area contributed by atoms with Crippen molar-refractivity contribution in [3.05, 3.63) is 30.1 Å². The van der Waals surface area contributed by atoms with Crippen LogP contribution in [0.15, 0.2) is 24.5 Å². The number of nitrogens with one attached hydrogen (secondary N) is 1. The van der Waals surface area contributed by atoms with Gasteiger partial charge in [-0.1, -0.05) is 0 Å². The molecule has 1 atom stereocenters. The van der Waals surface area contributed by atoms with E-state index in [1.165, 1.54) is 24.9 Å². The summed E-state index contributed by atoms with van der Waals surface area (Å²) in [6.07, 6.45) is 7.45. The molecule has 0 radical (unpaired) electrons. The lowest BCUT2D eigenvalue weighted by molar-refractivity contribution is 0.412. The largest absolute Gasteiger partial charge is 0.311 e. The quantitative estimate of drug-likeness (QED) is 0.742. The second-order valence-electron chi connectivity index (χ2n) is 4.12. The zero-order valence-electron chi connectivity index (χ0n) is 8.09.